The predicted molar refractivity (Wildman–Crippen MR) is 130 cm³/mol. The lowest BCUT2D eigenvalue weighted by Gasteiger charge is -2.32. The summed E-state index contributed by atoms with van der Waals surface area (Å²) in [5.74, 6) is 0.701. The molecule has 0 radical (unpaired) electrons. The van der Waals surface area contributed by atoms with Gasteiger partial charge in [-0.2, -0.15) is 0 Å². The van der Waals surface area contributed by atoms with Crippen LogP contribution in [-0.2, 0) is 11.3 Å². The summed E-state index contributed by atoms with van der Waals surface area (Å²) < 4.78 is 25.5. The number of nitrogens with zero attached hydrogens (tertiary/aromatic N) is 3. The number of amides is 1. The van der Waals surface area contributed by atoms with Gasteiger partial charge in [-0.25, -0.2) is 4.39 Å². The Morgan fingerprint density at radius 3 is 2.59 bits per heavy atom. The summed E-state index contributed by atoms with van der Waals surface area (Å²) in [6.45, 7) is 6.76. The third-order valence-corrected chi connectivity index (χ3v) is 5.90. The van der Waals surface area contributed by atoms with Crippen LogP contribution in [0.1, 0.15) is 18.1 Å². The molecule has 1 heterocycles. The molecule has 2 aromatic carbocycles. The molecule has 3 rings (SSSR count). The summed E-state index contributed by atoms with van der Waals surface area (Å²) in [5, 5.41) is 11.4. The van der Waals surface area contributed by atoms with E-state index in [4.69, 9.17) is 9.47 Å². The van der Waals surface area contributed by atoms with Gasteiger partial charge >= 0.3 is 0 Å². The minimum atomic E-state index is -1.30. The predicted octanol–water partition coefficient (Wildman–Crippen LogP) is 2.55. The number of carbonyl (C=O) groups excluding carboxylic acids is 1. The molecule has 0 saturated carbocycles. The van der Waals surface area contributed by atoms with Crippen LogP contribution in [0.2, 0.25) is 0 Å². The molecule has 1 amide bonds. The number of carbonyl (C=O) groups is 1. The van der Waals surface area contributed by atoms with Crippen molar-refractivity contribution in [3.63, 3.8) is 0 Å². The minimum absolute atomic E-state index is 0.0521. The molecule has 1 aliphatic heterocycles. The van der Waals surface area contributed by atoms with Gasteiger partial charge in [0, 0.05) is 45.7 Å². The first kappa shape index (κ1) is 25.9. The van der Waals surface area contributed by atoms with Crippen molar-refractivity contribution in [2.24, 2.45) is 0 Å². The van der Waals surface area contributed by atoms with E-state index in [1.807, 2.05) is 38.4 Å². The summed E-state index contributed by atoms with van der Waals surface area (Å²) >= 11 is 0. The SMILES string of the molecule is CC(=O)N1CCN(Cc2cccc(OCCN(C)C)c2)CC(O)(COc2ccc(C)c(F)c2)C1. The largest absolute Gasteiger partial charge is 0.492 e. The van der Waals surface area contributed by atoms with E-state index in [0.29, 0.717) is 44.1 Å². The van der Waals surface area contributed by atoms with Crippen molar-refractivity contribution < 1.29 is 23.8 Å². The van der Waals surface area contributed by atoms with Gasteiger partial charge in [-0.05, 0) is 50.3 Å². The highest BCUT2D eigenvalue weighted by atomic mass is 19.1. The summed E-state index contributed by atoms with van der Waals surface area (Å²) in [4.78, 5) is 18.0. The standard InChI is InChI=1S/C26H36FN3O4/c1-20-8-9-24(15-25(20)27)34-19-26(32)17-29(10-11-30(18-26)21(2)31)16-22-6-5-7-23(14-22)33-13-12-28(3)4/h5-9,14-15,32H,10-13,16-19H2,1-4H3. The first-order valence-corrected chi connectivity index (χ1v) is 11.6. The van der Waals surface area contributed by atoms with E-state index in [1.54, 1.807) is 24.0 Å². The van der Waals surface area contributed by atoms with Gasteiger partial charge in [-0.1, -0.05) is 18.2 Å². The Bertz CT molecular complexity index is 971. The number of aryl methyl sites for hydroxylation is 1. The highest BCUT2D eigenvalue weighted by molar-refractivity contribution is 5.73. The third-order valence-electron chi connectivity index (χ3n) is 5.90. The Balaban J connectivity index is 1.69. The van der Waals surface area contributed by atoms with E-state index < -0.39 is 5.60 Å². The number of rotatable bonds is 9. The van der Waals surface area contributed by atoms with E-state index in [-0.39, 0.29) is 24.9 Å². The number of likely N-dealkylation sites (N-methyl/N-ethyl adjacent to an activating group) is 1. The molecule has 1 saturated heterocycles. The van der Waals surface area contributed by atoms with Gasteiger partial charge in [0.1, 0.15) is 36.1 Å². The van der Waals surface area contributed by atoms with Gasteiger partial charge in [0.05, 0.1) is 6.54 Å². The Labute approximate surface area is 201 Å². The second-order valence-electron chi connectivity index (χ2n) is 9.37. The average Bonchev–Trinajstić information content (AvgIpc) is 2.94. The van der Waals surface area contributed by atoms with Gasteiger partial charge in [-0.3, -0.25) is 9.69 Å². The summed E-state index contributed by atoms with van der Waals surface area (Å²) in [6.07, 6.45) is 0. The lowest BCUT2D eigenvalue weighted by Crippen LogP contribution is -2.51. The molecule has 1 atom stereocenters. The van der Waals surface area contributed by atoms with Gasteiger partial charge < -0.3 is 24.4 Å². The summed E-state index contributed by atoms with van der Waals surface area (Å²) in [6, 6.07) is 12.6. The summed E-state index contributed by atoms with van der Waals surface area (Å²) in [5.41, 5.74) is 0.286. The van der Waals surface area contributed by atoms with Crippen LogP contribution in [-0.4, -0.2) is 91.3 Å². The van der Waals surface area contributed by atoms with Crippen LogP contribution in [0.4, 0.5) is 4.39 Å². The minimum Gasteiger partial charge on any atom is -0.492 e. The number of β-amino-alcohol motifs (C(OH)–C–C–N with tert-alkyl or cyclic N) is 1. The van der Waals surface area contributed by atoms with Gasteiger partial charge in [0.2, 0.25) is 5.91 Å². The number of aliphatic hydroxyl groups is 1. The molecule has 186 valence electrons. The van der Waals surface area contributed by atoms with Crippen LogP contribution in [0.25, 0.3) is 0 Å². The molecule has 0 aliphatic carbocycles. The molecule has 8 heteroatoms. The first-order valence-electron chi connectivity index (χ1n) is 11.6. The maximum Gasteiger partial charge on any atom is 0.219 e. The van der Waals surface area contributed by atoms with E-state index >= 15 is 0 Å². The van der Waals surface area contributed by atoms with Crippen LogP contribution < -0.4 is 9.47 Å². The van der Waals surface area contributed by atoms with Crippen molar-refractivity contribution in [2.75, 3.05) is 60.0 Å². The Hall–Kier alpha value is -2.68. The van der Waals surface area contributed by atoms with Crippen molar-refractivity contribution >= 4 is 5.91 Å². The van der Waals surface area contributed by atoms with Crippen molar-refractivity contribution in [1.82, 2.24) is 14.7 Å². The molecule has 7 nitrogen and oxygen atoms in total. The third kappa shape index (κ3) is 7.68. The van der Waals surface area contributed by atoms with Gasteiger partial charge in [0.25, 0.3) is 0 Å². The lowest BCUT2D eigenvalue weighted by molar-refractivity contribution is -0.132. The maximum absolute atomic E-state index is 13.9. The molecule has 0 bridgehead atoms. The zero-order valence-corrected chi connectivity index (χ0v) is 20.6. The topological polar surface area (TPSA) is 65.5 Å². The summed E-state index contributed by atoms with van der Waals surface area (Å²) in [7, 11) is 4.01. The Morgan fingerprint density at radius 1 is 1.12 bits per heavy atom. The average molecular weight is 474 g/mol. The maximum atomic E-state index is 13.9. The van der Waals surface area contributed by atoms with Crippen LogP contribution in [0.15, 0.2) is 42.5 Å². The molecule has 34 heavy (non-hydrogen) atoms. The molecule has 1 fully saturated rings. The van der Waals surface area contributed by atoms with Gasteiger partial charge in [0.15, 0.2) is 0 Å². The number of hydrogen-bond acceptors (Lipinski definition) is 6. The number of hydrogen-bond donors (Lipinski definition) is 1. The highest BCUT2D eigenvalue weighted by Crippen LogP contribution is 2.22. The molecule has 1 aliphatic rings. The Morgan fingerprint density at radius 2 is 1.88 bits per heavy atom. The monoisotopic (exact) mass is 473 g/mol. The van der Waals surface area contributed by atoms with Gasteiger partial charge in [-0.15, -0.1) is 0 Å². The number of halogens is 1. The molecular formula is C26H36FN3O4. The zero-order valence-electron chi connectivity index (χ0n) is 20.6. The van der Waals surface area contributed by atoms with Crippen molar-refractivity contribution in [3.05, 3.63) is 59.4 Å². The number of ether oxygens (including phenoxy) is 2. The first-order chi connectivity index (χ1) is 16.1. The quantitative estimate of drug-likeness (QED) is 0.604. The second-order valence-corrected chi connectivity index (χ2v) is 9.37. The van der Waals surface area contributed by atoms with E-state index in [0.717, 1.165) is 17.9 Å². The molecule has 0 spiro atoms. The number of benzene rings is 2. The van der Waals surface area contributed by atoms with Crippen LogP contribution in [0, 0.1) is 12.7 Å². The highest BCUT2D eigenvalue weighted by Gasteiger charge is 2.37. The molecule has 1 N–H and O–H groups in total. The second kappa shape index (κ2) is 11.6. The van der Waals surface area contributed by atoms with E-state index in [2.05, 4.69) is 9.80 Å². The lowest BCUT2D eigenvalue weighted by atomic mass is 10.0. The molecule has 2 aromatic rings. The normalized spacial score (nSPS) is 19.2. The van der Waals surface area contributed by atoms with E-state index in [9.17, 15) is 14.3 Å². The smallest absolute Gasteiger partial charge is 0.219 e. The van der Waals surface area contributed by atoms with Crippen LogP contribution >= 0.6 is 0 Å². The van der Waals surface area contributed by atoms with Crippen molar-refractivity contribution in [1.29, 1.82) is 0 Å². The zero-order chi connectivity index (χ0) is 24.7. The molecule has 0 aromatic heterocycles. The fourth-order valence-electron chi connectivity index (χ4n) is 3.96. The Kier molecular flexibility index (Phi) is 8.88. The molecule has 1 unspecified atom stereocenters. The fourth-order valence-corrected chi connectivity index (χ4v) is 3.96. The van der Waals surface area contributed by atoms with Crippen molar-refractivity contribution in [3.8, 4) is 11.5 Å². The van der Waals surface area contributed by atoms with Crippen LogP contribution in [0.5, 0.6) is 11.5 Å². The van der Waals surface area contributed by atoms with E-state index in [1.165, 1.54) is 13.0 Å². The molecular weight excluding hydrogens is 437 g/mol. The fraction of sp³-hybridized carbons (Fsp3) is 0.500. The van der Waals surface area contributed by atoms with Crippen molar-refractivity contribution in [2.45, 2.75) is 26.0 Å². The van der Waals surface area contributed by atoms with Crippen LogP contribution in [0.3, 0.4) is 0 Å².